The molecule has 25 heavy (non-hydrogen) atoms. The van der Waals surface area contributed by atoms with Crippen molar-refractivity contribution < 1.29 is 17.9 Å². The average Bonchev–Trinajstić information content (AvgIpc) is 3.12. The van der Waals surface area contributed by atoms with Crippen molar-refractivity contribution in [3.8, 4) is 5.75 Å². The van der Waals surface area contributed by atoms with Gasteiger partial charge in [0.2, 0.25) is 5.91 Å². The van der Waals surface area contributed by atoms with Gasteiger partial charge in [-0.25, -0.2) is 8.42 Å². The zero-order valence-corrected chi connectivity index (χ0v) is 15.8. The van der Waals surface area contributed by atoms with Gasteiger partial charge < -0.3 is 14.5 Å². The Balaban J connectivity index is 1.65. The van der Waals surface area contributed by atoms with E-state index in [0.29, 0.717) is 25.9 Å². The second kappa shape index (κ2) is 6.96. The van der Waals surface area contributed by atoms with Crippen LogP contribution in [0.25, 0.3) is 0 Å². The molecule has 1 amide bonds. The molecule has 2 heterocycles. The molecule has 2 fully saturated rings. The molecular formula is C18H26N2O4S. The van der Waals surface area contributed by atoms with Crippen LogP contribution >= 0.6 is 0 Å². The number of benzene rings is 1. The molecule has 138 valence electrons. The molecule has 3 atom stereocenters. The van der Waals surface area contributed by atoms with Crippen LogP contribution in [0.1, 0.15) is 12.0 Å². The van der Waals surface area contributed by atoms with Crippen molar-refractivity contribution in [2.45, 2.75) is 24.1 Å². The van der Waals surface area contributed by atoms with Gasteiger partial charge in [-0.05, 0) is 32.1 Å². The van der Waals surface area contributed by atoms with Crippen LogP contribution in [0.5, 0.6) is 5.75 Å². The van der Waals surface area contributed by atoms with Crippen LogP contribution in [-0.4, -0.2) is 75.5 Å². The van der Waals surface area contributed by atoms with Gasteiger partial charge >= 0.3 is 0 Å². The molecule has 1 aromatic rings. The second-order valence-corrected chi connectivity index (χ2v) is 9.44. The van der Waals surface area contributed by atoms with Gasteiger partial charge in [0.25, 0.3) is 0 Å². The third kappa shape index (κ3) is 3.53. The number of hydrogen-bond donors (Lipinski definition) is 0. The molecule has 2 saturated heterocycles. The number of fused-ring (bicyclic) bond motifs is 1. The zero-order valence-electron chi connectivity index (χ0n) is 15.0. The number of nitrogens with zero attached hydrogens (tertiary/aromatic N) is 2. The molecule has 0 aliphatic carbocycles. The average molecular weight is 366 g/mol. The third-order valence-corrected chi connectivity index (χ3v) is 7.71. The highest BCUT2D eigenvalue weighted by atomic mass is 32.2. The van der Waals surface area contributed by atoms with Crippen LogP contribution in [0.4, 0.5) is 0 Å². The maximum Gasteiger partial charge on any atom is 0.222 e. The first kappa shape index (κ1) is 18.2. The summed E-state index contributed by atoms with van der Waals surface area (Å²) >= 11 is 0. The lowest BCUT2D eigenvalue weighted by atomic mass is 10.00. The van der Waals surface area contributed by atoms with Crippen LogP contribution in [0, 0.1) is 5.92 Å². The van der Waals surface area contributed by atoms with E-state index in [1.165, 1.54) is 0 Å². The van der Waals surface area contributed by atoms with E-state index in [2.05, 4.69) is 0 Å². The highest BCUT2D eigenvalue weighted by molar-refractivity contribution is 7.92. The van der Waals surface area contributed by atoms with Gasteiger partial charge in [-0.2, -0.15) is 0 Å². The lowest BCUT2D eigenvalue weighted by Gasteiger charge is -2.25. The predicted molar refractivity (Wildman–Crippen MR) is 96.4 cm³/mol. The minimum Gasteiger partial charge on any atom is -0.496 e. The molecule has 2 aliphatic heterocycles. The molecule has 1 aromatic carbocycles. The number of aryl methyl sites for hydroxylation is 1. The van der Waals surface area contributed by atoms with Gasteiger partial charge in [0.1, 0.15) is 5.75 Å². The number of sulfone groups is 1. The molecule has 0 bridgehead atoms. The first-order chi connectivity index (χ1) is 11.8. The van der Waals surface area contributed by atoms with Gasteiger partial charge in [-0.15, -0.1) is 0 Å². The van der Waals surface area contributed by atoms with Crippen LogP contribution < -0.4 is 4.74 Å². The number of amides is 1. The molecule has 3 rings (SSSR count). The Morgan fingerprint density at radius 3 is 2.68 bits per heavy atom. The molecule has 0 radical (unpaired) electrons. The molecule has 0 N–H and O–H groups in total. The van der Waals surface area contributed by atoms with Crippen molar-refractivity contribution >= 4 is 15.7 Å². The van der Waals surface area contributed by atoms with Crippen LogP contribution in [0.15, 0.2) is 24.3 Å². The SMILES string of the molecule is COc1ccccc1CCC(=O)N1C[C@H]2[C@H](N(C)C)CS(=O)(=O)[C@H]2C1. The van der Waals surface area contributed by atoms with E-state index in [4.69, 9.17) is 4.74 Å². The molecule has 0 saturated carbocycles. The first-order valence-electron chi connectivity index (χ1n) is 8.61. The highest BCUT2D eigenvalue weighted by Gasteiger charge is 2.53. The summed E-state index contributed by atoms with van der Waals surface area (Å²) in [5.74, 6) is 1.03. The number of carbonyl (C=O) groups is 1. The zero-order chi connectivity index (χ0) is 18.2. The van der Waals surface area contributed by atoms with Gasteiger partial charge in [-0.3, -0.25) is 4.79 Å². The number of methoxy groups -OCH3 is 1. The van der Waals surface area contributed by atoms with Crippen molar-refractivity contribution in [1.29, 1.82) is 0 Å². The van der Waals surface area contributed by atoms with E-state index in [-0.39, 0.29) is 23.6 Å². The molecule has 0 spiro atoms. The number of para-hydroxylation sites is 1. The van der Waals surface area contributed by atoms with Crippen molar-refractivity contribution in [3.05, 3.63) is 29.8 Å². The standard InChI is InChI=1S/C18H26N2O4S/c1-19(2)15-12-25(22,23)17-11-20(10-14(15)17)18(21)9-8-13-6-4-5-7-16(13)24-3/h4-7,14-15,17H,8-12H2,1-3H3/t14-,15+,17-/m0/s1. The Morgan fingerprint density at radius 2 is 2.00 bits per heavy atom. The number of likely N-dealkylation sites (tertiary alicyclic amines) is 1. The molecule has 0 unspecified atom stereocenters. The van der Waals surface area contributed by atoms with E-state index in [1.807, 2.05) is 43.3 Å². The van der Waals surface area contributed by atoms with Crippen molar-refractivity contribution in [1.82, 2.24) is 9.80 Å². The maximum atomic E-state index is 12.6. The quantitative estimate of drug-likeness (QED) is 0.772. The monoisotopic (exact) mass is 366 g/mol. The largest absolute Gasteiger partial charge is 0.496 e. The normalized spacial score (nSPS) is 27.5. The number of ether oxygens (including phenoxy) is 1. The Hall–Kier alpha value is -1.60. The second-order valence-electron chi connectivity index (χ2n) is 7.17. The van der Waals surface area contributed by atoms with Gasteiger partial charge in [0.05, 0.1) is 18.1 Å². The molecule has 2 aliphatic rings. The topological polar surface area (TPSA) is 66.9 Å². The summed E-state index contributed by atoms with van der Waals surface area (Å²) < 4.78 is 30.1. The lowest BCUT2D eigenvalue weighted by molar-refractivity contribution is -0.130. The summed E-state index contributed by atoms with van der Waals surface area (Å²) in [5, 5.41) is -0.407. The van der Waals surface area contributed by atoms with Gasteiger partial charge in [-0.1, -0.05) is 18.2 Å². The van der Waals surface area contributed by atoms with Gasteiger partial charge in [0, 0.05) is 31.5 Å². The maximum absolute atomic E-state index is 12.6. The summed E-state index contributed by atoms with van der Waals surface area (Å²) in [6.45, 7) is 0.875. The molecular weight excluding hydrogens is 340 g/mol. The Morgan fingerprint density at radius 1 is 1.28 bits per heavy atom. The fourth-order valence-electron chi connectivity index (χ4n) is 4.08. The third-order valence-electron chi connectivity index (χ3n) is 5.48. The number of rotatable bonds is 5. The fraction of sp³-hybridized carbons (Fsp3) is 0.611. The number of carbonyl (C=O) groups excluding carboxylic acids is 1. The van der Waals surface area contributed by atoms with E-state index in [9.17, 15) is 13.2 Å². The summed E-state index contributed by atoms with van der Waals surface area (Å²) in [5.41, 5.74) is 0.997. The summed E-state index contributed by atoms with van der Waals surface area (Å²) in [7, 11) is 2.32. The predicted octanol–water partition coefficient (Wildman–Crippen LogP) is 0.813. The molecule has 0 aromatic heterocycles. The van der Waals surface area contributed by atoms with Crippen LogP contribution in [0.2, 0.25) is 0 Å². The smallest absolute Gasteiger partial charge is 0.222 e. The fourth-order valence-corrected chi connectivity index (χ4v) is 6.55. The Kier molecular flexibility index (Phi) is 5.06. The summed E-state index contributed by atoms with van der Waals surface area (Å²) in [6.07, 6.45) is 0.963. The lowest BCUT2D eigenvalue weighted by Crippen LogP contribution is -2.38. The van der Waals surface area contributed by atoms with E-state index >= 15 is 0 Å². The first-order valence-corrected chi connectivity index (χ1v) is 10.3. The Bertz CT molecular complexity index is 747. The van der Waals surface area contributed by atoms with Crippen molar-refractivity contribution in [2.24, 2.45) is 5.92 Å². The highest BCUT2D eigenvalue weighted by Crippen LogP contribution is 2.36. The van der Waals surface area contributed by atoms with Crippen LogP contribution in [0.3, 0.4) is 0 Å². The van der Waals surface area contributed by atoms with Crippen molar-refractivity contribution in [2.75, 3.05) is 40.0 Å². The van der Waals surface area contributed by atoms with E-state index < -0.39 is 15.1 Å². The van der Waals surface area contributed by atoms with E-state index in [1.54, 1.807) is 12.0 Å². The number of hydrogen-bond acceptors (Lipinski definition) is 5. The minimum absolute atomic E-state index is 0.00187. The molecule has 6 nitrogen and oxygen atoms in total. The minimum atomic E-state index is -3.12. The van der Waals surface area contributed by atoms with E-state index in [0.717, 1.165) is 11.3 Å². The summed E-state index contributed by atoms with van der Waals surface area (Å²) in [4.78, 5) is 16.3. The Labute approximate surface area is 149 Å². The van der Waals surface area contributed by atoms with Gasteiger partial charge in [0.15, 0.2) is 9.84 Å². The molecule has 7 heteroatoms. The van der Waals surface area contributed by atoms with Crippen molar-refractivity contribution in [3.63, 3.8) is 0 Å². The summed E-state index contributed by atoms with van der Waals surface area (Å²) in [6, 6.07) is 7.67. The van der Waals surface area contributed by atoms with Crippen LogP contribution in [-0.2, 0) is 21.1 Å².